The Morgan fingerprint density at radius 1 is 1.35 bits per heavy atom. The highest BCUT2D eigenvalue weighted by atomic mass is 16.6. The number of aliphatic hydroxyl groups is 1. The molecule has 1 aromatic carbocycles. The topological polar surface area (TPSA) is 157 Å². The van der Waals surface area contributed by atoms with Gasteiger partial charge in [0.05, 0.1) is 30.7 Å². The smallest absolute Gasteiger partial charge is 0.415 e. The maximum Gasteiger partial charge on any atom is 0.415 e. The molecule has 4 N–H and O–H groups in total. The molecule has 1 atom stereocenters. The van der Waals surface area contributed by atoms with Gasteiger partial charge in [-0.25, -0.2) is 4.79 Å². The Balaban J connectivity index is 2.55. The number of benzene rings is 1. The number of nitrogens with one attached hydrogen (secondary N) is 1. The lowest BCUT2D eigenvalue weighted by atomic mass is 10.1. The maximum absolute atomic E-state index is 12.9. The molecular weight excluding hydrogens is 440 g/mol. The van der Waals surface area contributed by atoms with Gasteiger partial charge in [-0.15, -0.1) is 13.2 Å². The van der Waals surface area contributed by atoms with Gasteiger partial charge in [-0.3, -0.25) is 15.0 Å². The molecule has 2 aromatic rings. The second-order valence-electron chi connectivity index (χ2n) is 7.35. The van der Waals surface area contributed by atoms with Crippen LogP contribution in [0, 0.1) is 10.1 Å². The average molecular weight is 471 g/mol. The van der Waals surface area contributed by atoms with Crippen molar-refractivity contribution in [1.82, 2.24) is 9.97 Å². The molecule has 0 spiro atoms. The third kappa shape index (κ3) is 7.01. The average Bonchev–Trinajstić information content (AvgIpc) is 2.80. The highest BCUT2D eigenvalue weighted by Crippen LogP contribution is 2.33. The molecule has 0 aliphatic carbocycles. The molecule has 11 nitrogen and oxygen atoms in total. The minimum atomic E-state index is -0.825. The summed E-state index contributed by atoms with van der Waals surface area (Å²) < 4.78 is 5.15. The summed E-state index contributed by atoms with van der Waals surface area (Å²) in [6.45, 7) is 8.77. The molecule has 2 rings (SSSR count). The Morgan fingerprint density at radius 3 is 2.71 bits per heavy atom. The fourth-order valence-electron chi connectivity index (χ4n) is 3.23. The van der Waals surface area contributed by atoms with Gasteiger partial charge in [0.1, 0.15) is 0 Å². The number of carbonyl (C=O) groups excluding carboxylic acids is 1. The molecule has 0 bridgehead atoms. The van der Waals surface area contributed by atoms with Gasteiger partial charge in [0.2, 0.25) is 17.6 Å². The number of allylic oxidation sites excluding steroid dienone is 2. The molecule has 0 saturated carbocycles. The number of nitrogen functional groups attached to an aromatic ring is 1. The van der Waals surface area contributed by atoms with Crippen molar-refractivity contribution < 1.29 is 19.6 Å². The Bertz CT molecular complexity index is 1030. The van der Waals surface area contributed by atoms with Gasteiger partial charge in [0.25, 0.3) is 0 Å². The van der Waals surface area contributed by atoms with Crippen molar-refractivity contribution in [3.8, 4) is 0 Å². The predicted molar refractivity (Wildman–Crippen MR) is 131 cm³/mol. The molecule has 1 amide bonds. The number of carbonyl (C=O) groups is 1. The molecule has 1 heterocycles. The van der Waals surface area contributed by atoms with E-state index < -0.39 is 28.6 Å². The summed E-state index contributed by atoms with van der Waals surface area (Å²) in [5, 5.41) is 24.4. The van der Waals surface area contributed by atoms with E-state index >= 15 is 0 Å². The van der Waals surface area contributed by atoms with Crippen LogP contribution in [-0.4, -0.2) is 45.3 Å². The van der Waals surface area contributed by atoms with Gasteiger partial charge in [-0.1, -0.05) is 36.4 Å². The molecule has 0 radical (unpaired) electrons. The zero-order chi connectivity index (χ0) is 25.1. The van der Waals surface area contributed by atoms with Crippen molar-refractivity contribution in [2.75, 3.05) is 29.2 Å². The lowest BCUT2D eigenvalue weighted by Gasteiger charge is -2.23. The Labute approximate surface area is 198 Å². The van der Waals surface area contributed by atoms with E-state index in [9.17, 15) is 20.0 Å². The first-order valence-electron chi connectivity index (χ1n) is 10.8. The summed E-state index contributed by atoms with van der Waals surface area (Å²) in [5.41, 5.74) is 6.95. The zero-order valence-electron chi connectivity index (χ0n) is 19.1. The number of aliphatic hydroxyl groups excluding tert-OH is 1. The van der Waals surface area contributed by atoms with Crippen LogP contribution in [0.15, 0.2) is 49.6 Å². The van der Waals surface area contributed by atoms with Crippen LogP contribution in [0.3, 0.4) is 0 Å². The van der Waals surface area contributed by atoms with E-state index in [1.165, 1.54) is 0 Å². The summed E-state index contributed by atoms with van der Waals surface area (Å²) in [4.78, 5) is 33.2. The van der Waals surface area contributed by atoms with Crippen molar-refractivity contribution in [2.24, 2.45) is 0 Å². The monoisotopic (exact) mass is 470 g/mol. The van der Waals surface area contributed by atoms with Crippen LogP contribution in [0.5, 0.6) is 0 Å². The minimum Gasteiger partial charge on any atom is -0.449 e. The standard InChI is InChI=1S/C23H30N6O5/c1-4-7-12-18(15-30)25-22-26-20(24)19(29(32)33)21(27-22)28(23(31)34-6-3)14-17-11-8-10-16(13-17)9-5-2/h4-5,8,10-11,13,18,30H,1-2,6-7,9,12,14-15H2,3H3,(H3,24,25,26,27). The number of nitro groups is 1. The number of nitrogens with two attached hydrogens (primary N) is 1. The second-order valence-corrected chi connectivity index (χ2v) is 7.35. The molecule has 0 aliphatic rings. The highest BCUT2D eigenvalue weighted by molar-refractivity contribution is 5.91. The zero-order valence-corrected chi connectivity index (χ0v) is 19.1. The molecular formula is C23H30N6O5. The van der Waals surface area contributed by atoms with E-state index in [4.69, 9.17) is 10.5 Å². The number of hydrogen-bond acceptors (Lipinski definition) is 9. The van der Waals surface area contributed by atoms with Crippen LogP contribution in [0.1, 0.15) is 30.9 Å². The number of ether oxygens (including phenoxy) is 1. The highest BCUT2D eigenvalue weighted by Gasteiger charge is 2.32. The van der Waals surface area contributed by atoms with E-state index in [1.54, 1.807) is 25.1 Å². The summed E-state index contributed by atoms with van der Waals surface area (Å²) in [6, 6.07) is 6.93. The normalized spacial score (nSPS) is 11.4. The van der Waals surface area contributed by atoms with Crippen LogP contribution in [0.25, 0.3) is 0 Å². The van der Waals surface area contributed by atoms with Crippen LogP contribution in [0.2, 0.25) is 0 Å². The predicted octanol–water partition coefficient (Wildman–Crippen LogP) is 3.60. The fourth-order valence-corrected chi connectivity index (χ4v) is 3.23. The molecule has 0 aliphatic heterocycles. The van der Waals surface area contributed by atoms with E-state index in [2.05, 4.69) is 28.4 Å². The fraction of sp³-hybridized carbons (Fsp3) is 0.348. The van der Waals surface area contributed by atoms with Crippen LogP contribution >= 0.6 is 0 Å². The molecule has 34 heavy (non-hydrogen) atoms. The Morgan fingerprint density at radius 2 is 2.09 bits per heavy atom. The number of nitrogens with zero attached hydrogens (tertiary/aromatic N) is 4. The molecule has 182 valence electrons. The number of aromatic nitrogens is 2. The summed E-state index contributed by atoms with van der Waals surface area (Å²) >= 11 is 0. The SMILES string of the molecule is C=CCCC(CO)Nc1nc(N)c([N+](=O)[O-])c(N(Cc2cccc(CC=C)c2)C(=O)OCC)n1. The quantitative estimate of drug-likeness (QED) is 0.226. The van der Waals surface area contributed by atoms with Gasteiger partial charge in [-0.05, 0) is 37.3 Å². The first-order chi connectivity index (χ1) is 16.3. The lowest BCUT2D eigenvalue weighted by molar-refractivity contribution is -0.383. The number of anilines is 3. The second kappa shape index (κ2) is 12.9. The first-order valence-corrected chi connectivity index (χ1v) is 10.8. The largest absolute Gasteiger partial charge is 0.449 e. The van der Waals surface area contributed by atoms with Crippen molar-refractivity contribution in [3.63, 3.8) is 0 Å². The van der Waals surface area contributed by atoms with Crippen LogP contribution in [-0.2, 0) is 17.7 Å². The third-order valence-electron chi connectivity index (χ3n) is 4.80. The van der Waals surface area contributed by atoms with Crippen molar-refractivity contribution in [1.29, 1.82) is 0 Å². The van der Waals surface area contributed by atoms with Crippen LogP contribution in [0.4, 0.5) is 28.1 Å². The van der Waals surface area contributed by atoms with Crippen molar-refractivity contribution in [2.45, 2.75) is 38.8 Å². The van der Waals surface area contributed by atoms with Gasteiger partial charge >= 0.3 is 11.8 Å². The number of amides is 1. The summed E-state index contributed by atoms with van der Waals surface area (Å²) in [6.07, 6.45) is 4.38. The van der Waals surface area contributed by atoms with E-state index in [1.807, 2.05) is 18.2 Å². The van der Waals surface area contributed by atoms with Gasteiger partial charge < -0.3 is 20.9 Å². The lowest BCUT2D eigenvalue weighted by Crippen LogP contribution is -2.33. The van der Waals surface area contributed by atoms with Crippen molar-refractivity contribution in [3.05, 3.63) is 70.8 Å². The Hall–Kier alpha value is -3.99. The van der Waals surface area contributed by atoms with E-state index in [0.717, 1.165) is 10.5 Å². The van der Waals surface area contributed by atoms with Crippen LogP contribution < -0.4 is 16.0 Å². The van der Waals surface area contributed by atoms with Gasteiger partial charge in [0.15, 0.2) is 0 Å². The third-order valence-corrected chi connectivity index (χ3v) is 4.80. The van der Waals surface area contributed by atoms with Crippen molar-refractivity contribution >= 4 is 29.4 Å². The number of hydrogen-bond donors (Lipinski definition) is 3. The minimum absolute atomic E-state index is 0.0550. The van der Waals surface area contributed by atoms with E-state index in [0.29, 0.717) is 24.8 Å². The molecule has 11 heteroatoms. The molecule has 1 unspecified atom stereocenters. The summed E-state index contributed by atoms with van der Waals surface area (Å²) in [7, 11) is 0. The van der Waals surface area contributed by atoms with Gasteiger partial charge in [0, 0.05) is 0 Å². The van der Waals surface area contributed by atoms with E-state index in [-0.39, 0.29) is 31.5 Å². The molecule has 0 fully saturated rings. The molecule has 0 saturated heterocycles. The molecule has 1 aromatic heterocycles. The maximum atomic E-state index is 12.9. The summed E-state index contributed by atoms with van der Waals surface area (Å²) in [5.74, 6) is -0.795. The number of rotatable bonds is 13. The first kappa shape index (κ1) is 26.3. The Kier molecular flexibility index (Phi) is 9.96. The van der Waals surface area contributed by atoms with Gasteiger partial charge in [-0.2, -0.15) is 9.97 Å².